The molecular formula is C24H18F6Ti. The fraction of sp³-hybridized carbons (Fsp3) is 0.0833. The zero-order valence-corrected chi connectivity index (χ0v) is 17.7. The van der Waals surface area contributed by atoms with Crippen LogP contribution in [0.15, 0.2) is 48.5 Å². The molecule has 0 nitrogen and oxygen atoms in total. The second-order valence-electron chi connectivity index (χ2n) is 5.50. The maximum Gasteiger partial charge on any atom is 2.00 e. The number of hydrogen-bond donors (Lipinski definition) is 0. The third-order valence-corrected chi connectivity index (χ3v) is 3.20. The Bertz CT molecular complexity index is 571. The monoisotopic (exact) mass is 468 g/mol. The molecule has 0 heterocycles. The Kier molecular flexibility index (Phi) is 15.7. The Morgan fingerprint density at radius 1 is 0.419 bits per heavy atom. The molecule has 0 amide bonds. The van der Waals surface area contributed by atoms with Crippen molar-refractivity contribution in [3.63, 3.8) is 0 Å². The van der Waals surface area contributed by atoms with Gasteiger partial charge in [-0.05, 0) is 64.2 Å². The fourth-order valence-electron chi connectivity index (χ4n) is 1.79. The van der Waals surface area contributed by atoms with E-state index in [4.69, 9.17) is 0 Å². The largest absolute Gasteiger partial charge is 2.00 e. The number of rotatable bonds is 0. The zero-order valence-electron chi connectivity index (χ0n) is 16.2. The van der Waals surface area contributed by atoms with Crippen LogP contribution in [0.2, 0.25) is 0 Å². The zero-order chi connectivity index (χ0) is 22.3. The average molecular weight is 468 g/mol. The van der Waals surface area contributed by atoms with Crippen molar-refractivity contribution in [1.29, 1.82) is 0 Å². The molecule has 2 saturated carbocycles. The van der Waals surface area contributed by atoms with E-state index in [1.54, 1.807) is 0 Å². The summed E-state index contributed by atoms with van der Waals surface area (Å²) in [5, 5.41) is 0. The van der Waals surface area contributed by atoms with E-state index in [2.05, 4.69) is 12.1 Å². The molecule has 160 valence electrons. The topological polar surface area (TPSA) is 0 Å². The molecule has 7 heteroatoms. The van der Waals surface area contributed by atoms with Crippen molar-refractivity contribution in [3.05, 3.63) is 136 Å². The van der Waals surface area contributed by atoms with E-state index < -0.39 is 23.5 Å². The first-order valence-corrected chi connectivity index (χ1v) is 8.61. The van der Waals surface area contributed by atoms with Crippen LogP contribution in [0.5, 0.6) is 0 Å². The first-order valence-electron chi connectivity index (χ1n) is 8.61. The van der Waals surface area contributed by atoms with Gasteiger partial charge in [-0.15, -0.1) is 0 Å². The van der Waals surface area contributed by atoms with Crippen LogP contribution < -0.4 is 0 Å². The molecule has 0 aliphatic heterocycles. The van der Waals surface area contributed by atoms with Crippen molar-refractivity contribution in [2.24, 2.45) is 0 Å². The van der Waals surface area contributed by atoms with Gasteiger partial charge in [0.1, 0.15) is 0 Å². The summed E-state index contributed by atoms with van der Waals surface area (Å²) < 4.78 is 70.6. The van der Waals surface area contributed by atoms with Gasteiger partial charge in [-0.25, -0.2) is 0 Å². The van der Waals surface area contributed by atoms with Gasteiger partial charge in [-0.3, -0.25) is 0 Å². The first kappa shape index (κ1) is 29.7. The summed E-state index contributed by atoms with van der Waals surface area (Å²) in [7, 11) is 0. The molecule has 2 aromatic carbocycles. The maximum atomic E-state index is 11.8. The van der Waals surface area contributed by atoms with Crippen LogP contribution in [-0.4, -0.2) is 0 Å². The van der Waals surface area contributed by atoms with Crippen LogP contribution in [0.3, 0.4) is 0 Å². The molecule has 31 heavy (non-hydrogen) atoms. The quantitative estimate of drug-likeness (QED) is 0.221. The molecule has 2 fully saturated rings. The third kappa shape index (κ3) is 15.2. The van der Waals surface area contributed by atoms with Crippen molar-refractivity contribution >= 4 is 0 Å². The van der Waals surface area contributed by atoms with Crippen molar-refractivity contribution in [3.8, 4) is 0 Å². The molecule has 0 atom stereocenters. The molecule has 2 aromatic rings. The van der Waals surface area contributed by atoms with E-state index in [1.807, 2.05) is 64.2 Å². The molecular weight excluding hydrogens is 450 g/mol. The molecule has 0 saturated heterocycles. The van der Waals surface area contributed by atoms with Gasteiger partial charge in [-0.1, -0.05) is 11.1 Å². The van der Waals surface area contributed by atoms with E-state index in [1.165, 1.54) is 24.3 Å². The van der Waals surface area contributed by atoms with Gasteiger partial charge < -0.3 is 0 Å². The Balaban J connectivity index is 0.000000401. The van der Waals surface area contributed by atoms with Crippen LogP contribution in [0, 0.1) is 76.3 Å². The van der Waals surface area contributed by atoms with Gasteiger partial charge in [0, 0.05) is 0 Å². The van der Waals surface area contributed by atoms with Crippen LogP contribution in [0.25, 0.3) is 0 Å². The van der Waals surface area contributed by atoms with E-state index in [9.17, 15) is 26.3 Å². The Morgan fingerprint density at radius 3 is 0.742 bits per heavy atom. The molecule has 2 aliphatic rings. The molecule has 0 bridgehead atoms. The SMILES string of the molecule is FC(F)(F)c1cc[c-]cc1.FC(F)(F)c1cc[c-]cc1.[CH]1[CH][CH][CH][CH]1.[CH]1[CH][CH][CH][CH]1.[Ti+2]. The minimum absolute atomic E-state index is 0. The van der Waals surface area contributed by atoms with E-state index in [0.29, 0.717) is 0 Å². The predicted molar refractivity (Wildman–Crippen MR) is 104 cm³/mol. The molecule has 0 aromatic heterocycles. The van der Waals surface area contributed by atoms with Crippen molar-refractivity contribution in [2.75, 3.05) is 0 Å². The number of halogens is 6. The Labute approximate surface area is 196 Å². The number of hydrogen-bond acceptors (Lipinski definition) is 0. The predicted octanol–water partition coefficient (Wildman–Crippen LogP) is 7.05. The summed E-state index contributed by atoms with van der Waals surface area (Å²) in [5.74, 6) is 0. The standard InChI is InChI=1S/2C7H4F3.2C5H5.Ti/c2*8-7(9,10)6-4-2-1-3-5-6;2*1-2-4-5-3-1;/h2*2-5H;2*1-5H;/q2*-1;;;+2. The summed E-state index contributed by atoms with van der Waals surface area (Å²) in [6, 6.07) is 13.9. The molecule has 0 N–H and O–H groups in total. The first-order chi connectivity index (χ1) is 14.2. The summed E-state index contributed by atoms with van der Waals surface area (Å²) in [6.07, 6.45) is 11.5. The molecule has 4 rings (SSSR count). The maximum absolute atomic E-state index is 11.8. The molecule has 10 radical (unpaired) electrons. The fourth-order valence-corrected chi connectivity index (χ4v) is 1.79. The minimum Gasteiger partial charge on any atom is -0.184 e. The number of benzene rings is 2. The van der Waals surface area contributed by atoms with E-state index >= 15 is 0 Å². The molecule has 2 aliphatic carbocycles. The van der Waals surface area contributed by atoms with Crippen LogP contribution in [-0.2, 0) is 34.1 Å². The molecule has 0 spiro atoms. The third-order valence-electron chi connectivity index (χ3n) is 3.20. The normalized spacial score (nSPS) is 15.2. The van der Waals surface area contributed by atoms with Gasteiger partial charge in [0.05, 0.1) is 0 Å². The average Bonchev–Trinajstić information content (AvgIpc) is 3.47. The van der Waals surface area contributed by atoms with Gasteiger partial charge in [0.2, 0.25) is 0 Å². The van der Waals surface area contributed by atoms with Crippen molar-refractivity contribution < 1.29 is 48.1 Å². The van der Waals surface area contributed by atoms with Crippen LogP contribution >= 0.6 is 0 Å². The van der Waals surface area contributed by atoms with Gasteiger partial charge in [0.15, 0.2) is 0 Å². The van der Waals surface area contributed by atoms with Crippen LogP contribution in [0.1, 0.15) is 11.1 Å². The van der Waals surface area contributed by atoms with Crippen LogP contribution in [0.4, 0.5) is 26.3 Å². The van der Waals surface area contributed by atoms with Gasteiger partial charge >= 0.3 is 34.1 Å². The summed E-state index contributed by atoms with van der Waals surface area (Å²) in [6.45, 7) is 0. The number of alkyl halides is 6. The van der Waals surface area contributed by atoms with Crippen molar-refractivity contribution in [1.82, 2.24) is 0 Å². The smallest absolute Gasteiger partial charge is 0.184 e. The second-order valence-corrected chi connectivity index (χ2v) is 5.50. The van der Waals surface area contributed by atoms with E-state index in [0.717, 1.165) is 24.3 Å². The Morgan fingerprint density at radius 2 is 0.613 bits per heavy atom. The Hall–Kier alpha value is -1.27. The van der Waals surface area contributed by atoms with E-state index in [-0.39, 0.29) is 21.7 Å². The van der Waals surface area contributed by atoms with Gasteiger partial charge in [0.25, 0.3) is 0 Å². The summed E-state index contributed by atoms with van der Waals surface area (Å²) in [5.41, 5.74) is -1.27. The molecule has 0 unspecified atom stereocenters. The summed E-state index contributed by atoms with van der Waals surface area (Å²) in [4.78, 5) is 0. The summed E-state index contributed by atoms with van der Waals surface area (Å²) >= 11 is 0. The van der Waals surface area contributed by atoms with Crippen molar-refractivity contribution in [2.45, 2.75) is 12.4 Å². The second kappa shape index (κ2) is 16.4. The van der Waals surface area contributed by atoms with Gasteiger partial charge in [-0.2, -0.15) is 87.0 Å². The minimum atomic E-state index is -4.23.